The molecule has 12 heteroatoms. The van der Waals surface area contributed by atoms with Crippen molar-refractivity contribution < 1.29 is 28.2 Å². The molecule has 1 aromatic heterocycles. The van der Waals surface area contributed by atoms with Gasteiger partial charge in [-0.05, 0) is 54.4 Å². The maximum Gasteiger partial charge on any atom is 0.323 e. The average Bonchev–Trinajstić information content (AvgIpc) is 3.02. The first-order valence-electron chi connectivity index (χ1n) is 13.5. The number of aromatic nitrogens is 2. The number of sulfone groups is 1. The van der Waals surface area contributed by atoms with E-state index in [2.05, 4.69) is 26.2 Å². The Morgan fingerprint density at radius 3 is 2.16 bits per heavy atom. The van der Waals surface area contributed by atoms with Gasteiger partial charge in [0.1, 0.15) is 18.5 Å². The number of halogens is 1. The average molecular weight is 676 g/mol. The molecule has 0 amide bonds. The second-order valence-electron chi connectivity index (χ2n) is 9.92. The van der Waals surface area contributed by atoms with Crippen molar-refractivity contribution in [3.05, 3.63) is 113 Å². The van der Waals surface area contributed by atoms with Crippen LogP contribution in [0.5, 0.6) is 0 Å². The van der Waals surface area contributed by atoms with Crippen LogP contribution in [-0.2, 0) is 25.8 Å². The Labute approximate surface area is 262 Å². The normalized spacial score (nSPS) is 12.1. The number of carbonyl (C=O) groups is 2. The van der Waals surface area contributed by atoms with Crippen LogP contribution < -0.4 is 10.2 Å². The molecule has 1 heterocycles. The van der Waals surface area contributed by atoms with E-state index < -0.39 is 40.2 Å². The van der Waals surface area contributed by atoms with Gasteiger partial charge in [-0.1, -0.05) is 76.6 Å². The first-order valence-corrected chi connectivity index (χ1v) is 15.9. The summed E-state index contributed by atoms with van der Waals surface area (Å²) < 4.78 is 27.1. The summed E-state index contributed by atoms with van der Waals surface area (Å²) in [5, 5.41) is 22.8. The molecule has 5 aromatic rings. The van der Waals surface area contributed by atoms with Gasteiger partial charge >= 0.3 is 11.9 Å². The summed E-state index contributed by atoms with van der Waals surface area (Å²) in [6.45, 7) is -0.482. The number of anilines is 2. The Balaban J connectivity index is 1.44. The largest absolute Gasteiger partial charge is 0.480 e. The molecule has 1 atom stereocenters. The summed E-state index contributed by atoms with van der Waals surface area (Å²) >= 11 is 3.49. The van der Waals surface area contributed by atoms with Crippen LogP contribution in [0.2, 0.25) is 0 Å². The standard InChI is InChI=1S/C32H27BrN4O6S/c33-23-11-16-27-26(18-23)30(22-9-5-2-6-10-22)36-32(35-27)37(19-29(38)39)24-12-14-25(15-13-24)44(42,43)20-34-28(31(40)41)17-21-7-3-1-4-8-21/h1-16,18,28,34H,17,19-20H2,(H,38,39)(H,40,41). The number of nitrogens with zero attached hydrogens (tertiary/aromatic N) is 3. The molecule has 10 nitrogen and oxygen atoms in total. The lowest BCUT2D eigenvalue weighted by atomic mass is 10.1. The number of carboxylic acids is 2. The fourth-order valence-electron chi connectivity index (χ4n) is 4.66. The topological polar surface area (TPSA) is 150 Å². The number of aliphatic carboxylic acids is 2. The van der Waals surface area contributed by atoms with Gasteiger partial charge in [-0.2, -0.15) is 0 Å². The van der Waals surface area contributed by atoms with Gasteiger partial charge in [0, 0.05) is 21.1 Å². The Kier molecular flexibility index (Phi) is 9.33. The molecule has 0 spiro atoms. The summed E-state index contributed by atoms with van der Waals surface area (Å²) in [7, 11) is -3.93. The molecule has 5 rings (SSSR count). The van der Waals surface area contributed by atoms with Gasteiger partial charge in [0.25, 0.3) is 0 Å². The van der Waals surface area contributed by atoms with Gasteiger partial charge in [-0.25, -0.2) is 18.4 Å². The zero-order valence-electron chi connectivity index (χ0n) is 23.2. The number of carboxylic acid groups (broad SMARTS) is 2. The second-order valence-corrected chi connectivity index (χ2v) is 12.8. The van der Waals surface area contributed by atoms with Crippen molar-refractivity contribution in [3.8, 4) is 11.3 Å². The zero-order valence-corrected chi connectivity index (χ0v) is 25.6. The van der Waals surface area contributed by atoms with E-state index in [1.165, 1.54) is 29.2 Å². The minimum absolute atomic E-state index is 0.0536. The van der Waals surface area contributed by atoms with Crippen molar-refractivity contribution in [1.82, 2.24) is 15.3 Å². The fourth-order valence-corrected chi connectivity index (χ4v) is 6.16. The molecule has 0 fully saturated rings. The third-order valence-corrected chi connectivity index (χ3v) is 8.87. The minimum atomic E-state index is -3.93. The molecule has 0 aliphatic carbocycles. The van der Waals surface area contributed by atoms with Crippen molar-refractivity contribution in [2.45, 2.75) is 17.4 Å². The van der Waals surface area contributed by atoms with Gasteiger partial charge in [0.05, 0.1) is 16.1 Å². The van der Waals surface area contributed by atoms with Crippen molar-refractivity contribution in [1.29, 1.82) is 0 Å². The third kappa shape index (κ3) is 7.28. The van der Waals surface area contributed by atoms with Crippen LogP contribution >= 0.6 is 15.9 Å². The van der Waals surface area contributed by atoms with Crippen LogP contribution in [0.1, 0.15) is 5.56 Å². The van der Waals surface area contributed by atoms with Crippen LogP contribution in [0.3, 0.4) is 0 Å². The van der Waals surface area contributed by atoms with E-state index in [9.17, 15) is 28.2 Å². The van der Waals surface area contributed by atoms with Crippen molar-refractivity contribution >= 4 is 60.2 Å². The molecule has 224 valence electrons. The van der Waals surface area contributed by atoms with Crippen molar-refractivity contribution in [2.24, 2.45) is 0 Å². The fraction of sp³-hybridized carbons (Fsp3) is 0.125. The molecule has 0 bridgehead atoms. The van der Waals surface area contributed by atoms with E-state index in [0.717, 1.165) is 21.0 Å². The van der Waals surface area contributed by atoms with Crippen molar-refractivity contribution in [2.75, 3.05) is 17.3 Å². The monoisotopic (exact) mass is 674 g/mol. The highest BCUT2D eigenvalue weighted by atomic mass is 79.9. The highest BCUT2D eigenvalue weighted by molar-refractivity contribution is 9.10. The third-order valence-electron chi connectivity index (χ3n) is 6.84. The van der Waals surface area contributed by atoms with Gasteiger partial charge in [0.2, 0.25) is 5.95 Å². The molecule has 0 aliphatic rings. The minimum Gasteiger partial charge on any atom is -0.480 e. The van der Waals surface area contributed by atoms with Gasteiger partial charge in [0.15, 0.2) is 9.84 Å². The number of fused-ring (bicyclic) bond motifs is 1. The molecular weight excluding hydrogens is 648 g/mol. The van der Waals surface area contributed by atoms with Crippen LogP contribution in [0.25, 0.3) is 22.2 Å². The summed E-state index contributed by atoms with van der Waals surface area (Å²) in [6.07, 6.45) is 0.114. The highest BCUT2D eigenvalue weighted by Gasteiger charge is 2.24. The lowest BCUT2D eigenvalue weighted by Gasteiger charge is -2.22. The number of rotatable bonds is 12. The van der Waals surface area contributed by atoms with Crippen LogP contribution in [0.15, 0.2) is 112 Å². The Bertz CT molecular complexity index is 1910. The second kappa shape index (κ2) is 13.3. The van der Waals surface area contributed by atoms with Gasteiger partial charge < -0.3 is 10.2 Å². The number of nitrogens with one attached hydrogen (secondary N) is 1. The molecule has 0 saturated heterocycles. The maximum absolute atomic E-state index is 13.1. The zero-order chi connectivity index (χ0) is 31.3. The van der Waals surface area contributed by atoms with E-state index in [-0.39, 0.29) is 17.3 Å². The van der Waals surface area contributed by atoms with Crippen LogP contribution in [-0.4, -0.2) is 59.0 Å². The van der Waals surface area contributed by atoms with E-state index in [0.29, 0.717) is 16.9 Å². The molecule has 44 heavy (non-hydrogen) atoms. The smallest absolute Gasteiger partial charge is 0.323 e. The predicted octanol–water partition coefficient (Wildman–Crippen LogP) is 5.30. The number of benzene rings is 4. The predicted molar refractivity (Wildman–Crippen MR) is 171 cm³/mol. The van der Waals surface area contributed by atoms with E-state index in [4.69, 9.17) is 4.98 Å². The van der Waals surface area contributed by atoms with Gasteiger partial charge in [-0.15, -0.1) is 0 Å². The lowest BCUT2D eigenvalue weighted by Crippen LogP contribution is -2.41. The molecule has 0 radical (unpaired) electrons. The first-order chi connectivity index (χ1) is 21.1. The Hall–Kier alpha value is -4.65. The van der Waals surface area contributed by atoms with Crippen LogP contribution in [0, 0.1) is 0 Å². The van der Waals surface area contributed by atoms with E-state index in [1.54, 1.807) is 30.3 Å². The van der Waals surface area contributed by atoms with Gasteiger partial charge in [-0.3, -0.25) is 19.8 Å². The maximum atomic E-state index is 13.1. The molecule has 0 aliphatic heterocycles. The first kappa shape index (κ1) is 30.8. The number of hydrogen-bond acceptors (Lipinski definition) is 8. The highest BCUT2D eigenvalue weighted by Crippen LogP contribution is 2.32. The van der Waals surface area contributed by atoms with Crippen molar-refractivity contribution in [3.63, 3.8) is 0 Å². The lowest BCUT2D eigenvalue weighted by molar-refractivity contribution is -0.139. The van der Waals surface area contributed by atoms with E-state index in [1.807, 2.05) is 48.5 Å². The SMILES string of the molecule is O=C(O)CN(c1ccc(S(=O)(=O)CNC(Cc2ccccc2)C(=O)O)cc1)c1nc(-c2ccccc2)c2cc(Br)ccc2n1. The summed E-state index contributed by atoms with van der Waals surface area (Å²) in [5.41, 5.74) is 3.14. The number of hydrogen-bond donors (Lipinski definition) is 3. The summed E-state index contributed by atoms with van der Waals surface area (Å²) in [6, 6.07) is 28.4. The molecule has 0 saturated carbocycles. The molecule has 3 N–H and O–H groups in total. The summed E-state index contributed by atoms with van der Waals surface area (Å²) in [4.78, 5) is 34.5. The molecule has 1 unspecified atom stereocenters. The molecule has 4 aromatic carbocycles. The molecular formula is C32H27BrN4O6S. The Morgan fingerprint density at radius 2 is 1.52 bits per heavy atom. The summed E-state index contributed by atoms with van der Waals surface area (Å²) in [5.74, 6) is -2.77. The van der Waals surface area contributed by atoms with E-state index >= 15 is 0 Å². The van der Waals surface area contributed by atoms with Crippen LogP contribution in [0.4, 0.5) is 11.6 Å². The quantitative estimate of drug-likeness (QED) is 0.159. The Morgan fingerprint density at radius 1 is 0.864 bits per heavy atom.